The third-order valence-electron chi connectivity index (χ3n) is 2.61. The van der Waals surface area contributed by atoms with Gasteiger partial charge in [-0.05, 0) is 38.1 Å². The Hall–Kier alpha value is -1.39. The lowest BCUT2D eigenvalue weighted by Crippen LogP contribution is -2.07. The van der Waals surface area contributed by atoms with Gasteiger partial charge in [0, 0.05) is 17.3 Å². The summed E-state index contributed by atoms with van der Waals surface area (Å²) in [5.41, 5.74) is 8.65. The van der Waals surface area contributed by atoms with Crippen molar-refractivity contribution >= 4 is 12.4 Å². The zero-order valence-electron chi connectivity index (χ0n) is 9.72. The van der Waals surface area contributed by atoms with Crippen LogP contribution in [0.2, 0.25) is 0 Å². The number of hydrogen-bond acceptors (Lipinski definition) is 2. The molecular weight excluding hydrogens is 241 g/mol. The lowest BCUT2D eigenvalue weighted by Gasteiger charge is -2.07. The van der Waals surface area contributed by atoms with Crippen LogP contribution in [0.1, 0.15) is 24.2 Å². The van der Waals surface area contributed by atoms with Gasteiger partial charge >= 0.3 is 0 Å². The van der Waals surface area contributed by atoms with Crippen molar-refractivity contribution in [2.24, 2.45) is 5.73 Å². The smallest absolute Gasteiger partial charge is 0.123 e. The third kappa shape index (κ3) is 2.65. The van der Waals surface area contributed by atoms with Gasteiger partial charge in [-0.25, -0.2) is 9.07 Å². The Labute approximate surface area is 106 Å². The molecule has 1 aromatic heterocycles. The van der Waals surface area contributed by atoms with Crippen molar-refractivity contribution in [2.45, 2.75) is 19.9 Å². The van der Waals surface area contributed by atoms with Gasteiger partial charge in [-0.2, -0.15) is 5.10 Å². The SMILES string of the molecule is Cc1c(C(C)N)cnn1-c1ccc(F)cc1.Cl. The second-order valence-electron chi connectivity index (χ2n) is 3.86. The van der Waals surface area contributed by atoms with Gasteiger partial charge in [0.1, 0.15) is 5.82 Å². The molecule has 0 saturated carbocycles. The van der Waals surface area contributed by atoms with Crippen LogP contribution in [0.5, 0.6) is 0 Å². The summed E-state index contributed by atoms with van der Waals surface area (Å²) in [5, 5.41) is 4.25. The van der Waals surface area contributed by atoms with E-state index in [-0.39, 0.29) is 24.3 Å². The van der Waals surface area contributed by atoms with Crippen molar-refractivity contribution in [1.82, 2.24) is 9.78 Å². The molecule has 1 aromatic carbocycles. The van der Waals surface area contributed by atoms with Crippen LogP contribution in [0, 0.1) is 12.7 Å². The van der Waals surface area contributed by atoms with Crippen LogP contribution in [-0.4, -0.2) is 9.78 Å². The second kappa shape index (κ2) is 5.29. The van der Waals surface area contributed by atoms with E-state index in [0.717, 1.165) is 16.9 Å². The third-order valence-corrected chi connectivity index (χ3v) is 2.61. The molecule has 3 nitrogen and oxygen atoms in total. The van der Waals surface area contributed by atoms with Gasteiger partial charge in [0.25, 0.3) is 0 Å². The molecule has 0 radical (unpaired) electrons. The number of benzene rings is 1. The Balaban J connectivity index is 0.00000144. The lowest BCUT2D eigenvalue weighted by molar-refractivity contribution is 0.627. The first kappa shape index (κ1) is 13.7. The summed E-state index contributed by atoms with van der Waals surface area (Å²) >= 11 is 0. The standard InChI is InChI=1S/C12H14FN3.ClH/c1-8(14)12-7-15-16(9(12)2)11-5-3-10(13)4-6-11;/h3-8H,14H2,1-2H3;1H. The highest BCUT2D eigenvalue weighted by Crippen LogP contribution is 2.18. The number of hydrogen-bond donors (Lipinski definition) is 1. The minimum absolute atomic E-state index is 0. The molecule has 1 atom stereocenters. The minimum atomic E-state index is -0.249. The first-order valence-electron chi connectivity index (χ1n) is 5.15. The van der Waals surface area contributed by atoms with Gasteiger partial charge in [0.05, 0.1) is 11.9 Å². The monoisotopic (exact) mass is 255 g/mol. The topological polar surface area (TPSA) is 43.8 Å². The highest BCUT2D eigenvalue weighted by Gasteiger charge is 2.10. The first-order chi connectivity index (χ1) is 7.59. The summed E-state index contributed by atoms with van der Waals surface area (Å²) in [5.74, 6) is -0.249. The van der Waals surface area contributed by atoms with Gasteiger partial charge in [0.2, 0.25) is 0 Å². The fourth-order valence-corrected chi connectivity index (χ4v) is 1.71. The maximum absolute atomic E-state index is 12.8. The molecule has 2 N–H and O–H groups in total. The van der Waals surface area contributed by atoms with Crippen LogP contribution < -0.4 is 5.73 Å². The number of nitrogens with zero attached hydrogens (tertiary/aromatic N) is 2. The van der Waals surface area contributed by atoms with Gasteiger partial charge < -0.3 is 5.73 Å². The van der Waals surface area contributed by atoms with Crippen molar-refractivity contribution in [3.63, 3.8) is 0 Å². The van der Waals surface area contributed by atoms with Gasteiger partial charge in [-0.1, -0.05) is 0 Å². The number of rotatable bonds is 2. The average Bonchev–Trinajstić information content (AvgIpc) is 2.61. The molecule has 2 aromatic rings. The summed E-state index contributed by atoms with van der Waals surface area (Å²) in [6, 6.07) is 6.18. The molecule has 1 heterocycles. The maximum atomic E-state index is 12.8. The van der Waals surface area contributed by atoms with E-state index < -0.39 is 0 Å². The minimum Gasteiger partial charge on any atom is -0.324 e. The van der Waals surface area contributed by atoms with Crippen LogP contribution in [-0.2, 0) is 0 Å². The molecule has 92 valence electrons. The van der Waals surface area contributed by atoms with E-state index in [1.165, 1.54) is 12.1 Å². The fraction of sp³-hybridized carbons (Fsp3) is 0.250. The molecule has 0 aliphatic carbocycles. The van der Waals surface area contributed by atoms with Crippen LogP contribution >= 0.6 is 12.4 Å². The van der Waals surface area contributed by atoms with Crippen LogP contribution in [0.3, 0.4) is 0 Å². The van der Waals surface area contributed by atoms with Crippen molar-refractivity contribution in [3.8, 4) is 5.69 Å². The molecular formula is C12H15ClFN3. The molecule has 17 heavy (non-hydrogen) atoms. The normalized spacial score (nSPS) is 12.0. The average molecular weight is 256 g/mol. The molecule has 0 spiro atoms. The van der Waals surface area contributed by atoms with E-state index >= 15 is 0 Å². The number of halogens is 2. The first-order valence-corrected chi connectivity index (χ1v) is 5.15. The summed E-state index contributed by atoms with van der Waals surface area (Å²) < 4.78 is 14.5. The van der Waals surface area contributed by atoms with Crippen molar-refractivity contribution in [3.05, 3.63) is 47.5 Å². The van der Waals surface area contributed by atoms with Gasteiger partial charge in [-0.3, -0.25) is 0 Å². The molecule has 2 rings (SSSR count). The van der Waals surface area contributed by atoms with E-state index in [4.69, 9.17) is 5.73 Å². The molecule has 0 aliphatic heterocycles. The summed E-state index contributed by atoms with van der Waals surface area (Å²) in [4.78, 5) is 0. The van der Waals surface area contributed by atoms with Crippen molar-refractivity contribution < 1.29 is 4.39 Å². The Kier molecular flexibility index (Phi) is 4.26. The molecule has 1 unspecified atom stereocenters. The Morgan fingerprint density at radius 3 is 2.35 bits per heavy atom. The van der Waals surface area contributed by atoms with Crippen LogP contribution in [0.4, 0.5) is 4.39 Å². The molecule has 0 fully saturated rings. The summed E-state index contributed by atoms with van der Waals surface area (Å²) in [6.45, 7) is 3.87. The van der Waals surface area contributed by atoms with Crippen LogP contribution in [0.25, 0.3) is 5.69 Å². The molecule has 0 amide bonds. The largest absolute Gasteiger partial charge is 0.324 e. The van der Waals surface area contributed by atoms with Crippen molar-refractivity contribution in [1.29, 1.82) is 0 Å². The summed E-state index contributed by atoms with van der Waals surface area (Å²) in [7, 11) is 0. The zero-order chi connectivity index (χ0) is 11.7. The van der Waals surface area contributed by atoms with Gasteiger partial charge in [0.15, 0.2) is 0 Å². The number of aromatic nitrogens is 2. The van der Waals surface area contributed by atoms with E-state index in [2.05, 4.69) is 5.10 Å². The van der Waals surface area contributed by atoms with E-state index in [1.807, 2.05) is 13.8 Å². The molecule has 5 heteroatoms. The second-order valence-corrected chi connectivity index (χ2v) is 3.86. The Morgan fingerprint density at radius 2 is 1.88 bits per heavy atom. The maximum Gasteiger partial charge on any atom is 0.123 e. The molecule has 0 aliphatic rings. The zero-order valence-corrected chi connectivity index (χ0v) is 10.5. The Bertz CT molecular complexity index is 491. The molecule has 0 saturated heterocycles. The highest BCUT2D eigenvalue weighted by molar-refractivity contribution is 5.85. The lowest BCUT2D eigenvalue weighted by atomic mass is 10.1. The van der Waals surface area contributed by atoms with Crippen molar-refractivity contribution in [2.75, 3.05) is 0 Å². The van der Waals surface area contributed by atoms with Crippen LogP contribution in [0.15, 0.2) is 30.5 Å². The highest BCUT2D eigenvalue weighted by atomic mass is 35.5. The fourth-order valence-electron chi connectivity index (χ4n) is 1.71. The predicted molar refractivity (Wildman–Crippen MR) is 68.1 cm³/mol. The molecule has 0 bridgehead atoms. The quantitative estimate of drug-likeness (QED) is 0.897. The van der Waals surface area contributed by atoms with E-state index in [9.17, 15) is 4.39 Å². The van der Waals surface area contributed by atoms with E-state index in [0.29, 0.717) is 0 Å². The Morgan fingerprint density at radius 1 is 1.29 bits per heavy atom. The number of nitrogens with two attached hydrogens (primary N) is 1. The van der Waals surface area contributed by atoms with E-state index in [1.54, 1.807) is 23.0 Å². The predicted octanol–water partition coefficient (Wildman–Crippen LogP) is 2.76. The van der Waals surface area contributed by atoms with Gasteiger partial charge in [-0.15, -0.1) is 12.4 Å². The summed E-state index contributed by atoms with van der Waals surface area (Å²) in [6.07, 6.45) is 1.75.